The molecule has 1 heterocycles. The molecule has 0 radical (unpaired) electrons. The first kappa shape index (κ1) is 34.8. The fraction of sp³-hybridized carbons (Fsp3) is 0.484. The zero-order valence-electron chi connectivity index (χ0n) is 25.7. The zero-order valence-corrected chi connectivity index (χ0v) is 25.7. The Hall–Kier alpha value is -4.72. The van der Waals surface area contributed by atoms with Gasteiger partial charge in [-0.05, 0) is 62.4 Å². The maximum absolute atomic E-state index is 13.8. The molecule has 14 heteroatoms. The van der Waals surface area contributed by atoms with Crippen molar-refractivity contribution in [2.75, 3.05) is 13.1 Å². The van der Waals surface area contributed by atoms with E-state index in [0.717, 1.165) is 29.2 Å². The molecule has 4 amide bonds. The summed E-state index contributed by atoms with van der Waals surface area (Å²) in [6.07, 6.45) is 3.12. The Bertz CT molecular complexity index is 1380. The highest BCUT2D eigenvalue weighted by Crippen LogP contribution is 2.17. The second-order valence-electron chi connectivity index (χ2n) is 11.3. The lowest BCUT2D eigenvalue weighted by atomic mass is 9.99. The number of amides is 4. The van der Waals surface area contributed by atoms with Crippen LogP contribution < -0.4 is 37.6 Å². The van der Waals surface area contributed by atoms with Gasteiger partial charge in [0.25, 0.3) is 0 Å². The molecule has 2 aromatic rings. The second-order valence-corrected chi connectivity index (χ2v) is 11.3. The summed E-state index contributed by atoms with van der Waals surface area (Å²) in [4.78, 5) is 63.9. The number of fused-ring (bicyclic) bond motifs is 1. The van der Waals surface area contributed by atoms with Crippen LogP contribution in [0.5, 0.6) is 0 Å². The largest absolute Gasteiger partial charge is 0.480 e. The summed E-state index contributed by atoms with van der Waals surface area (Å²) in [5.74, 6) is -3.73. The quantitative estimate of drug-likeness (QED) is 0.0728. The van der Waals surface area contributed by atoms with Crippen LogP contribution in [0.15, 0.2) is 42.5 Å². The summed E-state index contributed by atoms with van der Waals surface area (Å²) in [7, 11) is 0. The van der Waals surface area contributed by atoms with Gasteiger partial charge in [-0.15, -0.1) is 0 Å². The molecule has 1 fully saturated rings. The summed E-state index contributed by atoms with van der Waals surface area (Å²) in [6, 6.07) is 8.77. The molecule has 0 spiro atoms. The summed E-state index contributed by atoms with van der Waals surface area (Å²) >= 11 is 0. The molecule has 1 aliphatic rings. The first-order chi connectivity index (χ1) is 21.4. The average molecular weight is 625 g/mol. The third-order valence-electron chi connectivity index (χ3n) is 7.61. The third kappa shape index (κ3) is 11.1. The number of carboxylic acid groups (broad SMARTS) is 1. The van der Waals surface area contributed by atoms with Gasteiger partial charge in [-0.1, -0.05) is 48.9 Å². The van der Waals surface area contributed by atoms with Crippen molar-refractivity contribution >= 4 is 46.3 Å². The molecule has 0 bridgehead atoms. The Morgan fingerprint density at radius 1 is 0.911 bits per heavy atom. The van der Waals surface area contributed by atoms with E-state index in [1.54, 1.807) is 0 Å². The van der Waals surface area contributed by atoms with Crippen LogP contribution in [0.25, 0.3) is 10.8 Å². The minimum atomic E-state index is -1.23. The predicted molar refractivity (Wildman–Crippen MR) is 169 cm³/mol. The Morgan fingerprint density at radius 3 is 2.27 bits per heavy atom. The van der Waals surface area contributed by atoms with Crippen molar-refractivity contribution in [2.24, 2.45) is 5.73 Å². The fourth-order valence-electron chi connectivity index (χ4n) is 5.01. The van der Waals surface area contributed by atoms with Gasteiger partial charge in [0.1, 0.15) is 24.2 Å². The molecule has 244 valence electrons. The second kappa shape index (κ2) is 16.9. The van der Waals surface area contributed by atoms with Gasteiger partial charge >= 0.3 is 5.97 Å². The number of carbonyl (C=O) groups is 5. The number of hydrogen-bond acceptors (Lipinski definition) is 7. The molecule has 0 aliphatic carbocycles. The molecular formula is C31H44N8O6. The van der Waals surface area contributed by atoms with Crippen molar-refractivity contribution in [3.8, 4) is 0 Å². The molecule has 1 aliphatic heterocycles. The van der Waals surface area contributed by atoms with Crippen LogP contribution >= 0.6 is 0 Å². The monoisotopic (exact) mass is 624 g/mol. The molecule has 0 saturated carbocycles. The number of piperidine rings is 1. The topological polar surface area (TPSA) is 228 Å². The Labute approximate surface area is 262 Å². The fourth-order valence-corrected chi connectivity index (χ4v) is 5.01. The molecule has 45 heavy (non-hydrogen) atoms. The Morgan fingerprint density at radius 2 is 1.60 bits per heavy atom. The van der Waals surface area contributed by atoms with Crippen molar-refractivity contribution in [1.29, 1.82) is 5.41 Å². The minimum absolute atomic E-state index is 0.124. The standard InChI is InChI=1S/C31H44N8O6/c1-18(26(40)37-19(2)30(44)45)36-28(42)24(11-7-15-35-31(32)33)38-29(43)25(39-27(41)23-10-5-6-14-34-23)17-20-12-13-21-8-3-4-9-22(21)16-20/h3-4,8-9,12-13,16,18-19,23-25,34H,5-7,10-11,14-15,17H2,1-2H3,(H,36,42)(H,37,40)(H,38,43)(H,39,41)(H,44,45)(H4,32,33,35)/t18-,19+,23-,24-,25-/m0/s1. The number of guanidine groups is 1. The van der Waals surface area contributed by atoms with Crippen molar-refractivity contribution in [3.63, 3.8) is 0 Å². The van der Waals surface area contributed by atoms with Crippen LogP contribution in [0.4, 0.5) is 0 Å². The van der Waals surface area contributed by atoms with E-state index >= 15 is 0 Å². The summed E-state index contributed by atoms with van der Waals surface area (Å²) in [5.41, 5.74) is 6.17. The number of nitrogens with one attached hydrogen (secondary N) is 7. The van der Waals surface area contributed by atoms with Crippen molar-refractivity contribution in [3.05, 3.63) is 48.0 Å². The number of carboxylic acids is 1. The van der Waals surface area contributed by atoms with Crippen LogP contribution in [-0.2, 0) is 30.4 Å². The van der Waals surface area contributed by atoms with Crippen LogP contribution in [-0.4, -0.2) is 84.0 Å². The normalized spacial score (nSPS) is 17.2. The molecule has 0 aromatic heterocycles. The zero-order chi connectivity index (χ0) is 32.9. The lowest BCUT2D eigenvalue weighted by Gasteiger charge is -2.27. The van der Waals surface area contributed by atoms with Gasteiger partial charge in [0.15, 0.2) is 5.96 Å². The molecular weight excluding hydrogens is 580 g/mol. The SMILES string of the molecule is C[C@H](NC(=O)[C@H](CCCNC(=N)N)NC(=O)[C@H](Cc1ccc2ccccc2c1)NC(=O)[C@@H]1CCCCN1)C(=O)N[C@H](C)C(=O)O. The van der Waals surface area contributed by atoms with Gasteiger partial charge < -0.3 is 42.7 Å². The Kier molecular flexibility index (Phi) is 13.1. The minimum Gasteiger partial charge on any atom is -0.480 e. The first-order valence-corrected chi connectivity index (χ1v) is 15.2. The van der Waals surface area contributed by atoms with E-state index < -0.39 is 53.9 Å². The summed E-state index contributed by atoms with van der Waals surface area (Å²) < 4.78 is 0. The van der Waals surface area contributed by atoms with Gasteiger partial charge in [-0.3, -0.25) is 29.4 Å². The highest BCUT2D eigenvalue weighted by atomic mass is 16.4. The summed E-state index contributed by atoms with van der Waals surface area (Å²) in [5, 5.41) is 34.8. The Balaban J connectivity index is 1.79. The van der Waals surface area contributed by atoms with Crippen molar-refractivity contribution in [2.45, 2.75) is 82.6 Å². The van der Waals surface area contributed by atoms with Crippen LogP contribution in [0.1, 0.15) is 51.5 Å². The van der Waals surface area contributed by atoms with Crippen molar-refractivity contribution < 1.29 is 29.1 Å². The lowest BCUT2D eigenvalue weighted by molar-refractivity contribution is -0.141. The first-order valence-electron chi connectivity index (χ1n) is 15.2. The number of rotatable bonds is 15. The highest BCUT2D eigenvalue weighted by Gasteiger charge is 2.31. The maximum Gasteiger partial charge on any atom is 0.325 e. The molecule has 2 aromatic carbocycles. The van der Waals surface area contributed by atoms with E-state index in [1.807, 2.05) is 42.5 Å². The molecule has 10 N–H and O–H groups in total. The van der Waals surface area contributed by atoms with E-state index in [2.05, 4.69) is 31.9 Å². The summed E-state index contributed by atoms with van der Waals surface area (Å²) in [6.45, 7) is 3.66. The van der Waals surface area contributed by atoms with E-state index in [9.17, 15) is 24.0 Å². The number of nitrogens with two attached hydrogens (primary N) is 1. The molecule has 5 atom stereocenters. The smallest absolute Gasteiger partial charge is 0.325 e. The van der Waals surface area contributed by atoms with Gasteiger partial charge in [0, 0.05) is 13.0 Å². The number of aliphatic carboxylic acids is 1. The third-order valence-corrected chi connectivity index (χ3v) is 7.61. The highest BCUT2D eigenvalue weighted by molar-refractivity contribution is 5.95. The van der Waals surface area contributed by atoms with Gasteiger partial charge in [-0.2, -0.15) is 0 Å². The average Bonchev–Trinajstić information content (AvgIpc) is 3.02. The van der Waals surface area contributed by atoms with E-state index in [0.29, 0.717) is 19.4 Å². The molecule has 0 unspecified atom stereocenters. The number of carbonyl (C=O) groups excluding carboxylic acids is 4. The van der Waals surface area contributed by atoms with Crippen LogP contribution in [0.3, 0.4) is 0 Å². The van der Waals surface area contributed by atoms with E-state index in [4.69, 9.17) is 16.2 Å². The van der Waals surface area contributed by atoms with Crippen molar-refractivity contribution in [1.82, 2.24) is 31.9 Å². The van der Waals surface area contributed by atoms with Crippen LogP contribution in [0, 0.1) is 5.41 Å². The number of benzene rings is 2. The number of hydrogen-bond donors (Lipinski definition) is 9. The van der Waals surface area contributed by atoms with E-state index in [-0.39, 0.29) is 31.3 Å². The van der Waals surface area contributed by atoms with Gasteiger partial charge in [0.05, 0.1) is 6.04 Å². The molecule has 1 saturated heterocycles. The van der Waals surface area contributed by atoms with Crippen LogP contribution in [0.2, 0.25) is 0 Å². The molecule has 14 nitrogen and oxygen atoms in total. The lowest BCUT2D eigenvalue weighted by Crippen LogP contribution is -2.58. The predicted octanol–water partition coefficient (Wildman–Crippen LogP) is -0.149. The van der Waals surface area contributed by atoms with Gasteiger partial charge in [-0.25, -0.2) is 0 Å². The van der Waals surface area contributed by atoms with Gasteiger partial charge in [0.2, 0.25) is 23.6 Å². The molecule has 3 rings (SSSR count). The maximum atomic E-state index is 13.8. The van der Waals surface area contributed by atoms with E-state index in [1.165, 1.54) is 13.8 Å².